The summed E-state index contributed by atoms with van der Waals surface area (Å²) in [6, 6.07) is 7.32. The Hall–Kier alpha value is -2.68. The Kier molecular flexibility index (Phi) is 5.44. The molecule has 0 aliphatic rings. The number of nitrogens with zero attached hydrogens (tertiary/aromatic N) is 4. The molecular weight excluding hydrogens is 342 g/mol. The van der Waals surface area contributed by atoms with Gasteiger partial charge in [-0.1, -0.05) is 11.3 Å². The van der Waals surface area contributed by atoms with Crippen LogP contribution in [0.1, 0.15) is 17.3 Å². The van der Waals surface area contributed by atoms with Crippen molar-refractivity contribution >= 4 is 22.2 Å². The van der Waals surface area contributed by atoms with E-state index >= 15 is 0 Å². The van der Waals surface area contributed by atoms with E-state index in [1.165, 1.54) is 11.3 Å². The van der Waals surface area contributed by atoms with Gasteiger partial charge >= 0.3 is 0 Å². The van der Waals surface area contributed by atoms with Gasteiger partial charge in [-0.2, -0.15) is 9.61 Å². The minimum Gasteiger partial charge on any atom is -0.497 e. The smallest absolute Gasteiger partial charge is 0.234 e. The second kappa shape index (κ2) is 7.93. The summed E-state index contributed by atoms with van der Waals surface area (Å²) in [6.45, 7) is 2.71. The topological polar surface area (TPSA) is 90.6 Å². The highest BCUT2D eigenvalue weighted by molar-refractivity contribution is 7.16. The van der Waals surface area contributed by atoms with E-state index in [1.54, 1.807) is 11.6 Å². The van der Waals surface area contributed by atoms with Gasteiger partial charge < -0.3 is 14.8 Å². The van der Waals surface area contributed by atoms with E-state index in [0.29, 0.717) is 26.0 Å². The van der Waals surface area contributed by atoms with E-state index in [-0.39, 0.29) is 5.91 Å². The van der Waals surface area contributed by atoms with Crippen molar-refractivity contribution in [3.8, 4) is 11.5 Å². The molecule has 3 aromatic rings. The zero-order valence-corrected chi connectivity index (χ0v) is 14.9. The molecule has 0 saturated heterocycles. The number of fused-ring (bicyclic) bond motifs is 1. The zero-order valence-electron chi connectivity index (χ0n) is 14.1. The first kappa shape index (κ1) is 17.2. The number of hydrogen-bond acceptors (Lipinski definition) is 7. The Labute approximate surface area is 148 Å². The Balaban J connectivity index is 1.36. The van der Waals surface area contributed by atoms with Crippen LogP contribution in [0.5, 0.6) is 11.5 Å². The number of carbonyl (C=O) groups is 1. The molecule has 1 aromatic carbocycles. The van der Waals surface area contributed by atoms with Crippen LogP contribution < -0.4 is 14.8 Å². The van der Waals surface area contributed by atoms with E-state index in [4.69, 9.17) is 9.47 Å². The molecule has 0 spiro atoms. The number of carbonyl (C=O) groups excluding carboxylic acids is 1. The molecule has 3 rings (SSSR count). The van der Waals surface area contributed by atoms with E-state index in [2.05, 4.69) is 20.6 Å². The molecule has 0 bridgehead atoms. The van der Waals surface area contributed by atoms with Gasteiger partial charge in [-0.05, 0) is 31.2 Å². The number of ether oxygens (including phenoxy) is 2. The minimum atomic E-state index is -0.0268. The average Bonchev–Trinajstić information content (AvgIpc) is 3.19. The van der Waals surface area contributed by atoms with Crippen LogP contribution in [-0.4, -0.2) is 46.0 Å². The third kappa shape index (κ3) is 4.44. The normalized spacial score (nSPS) is 10.8. The lowest BCUT2D eigenvalue weighted by Gasteiger charge is -2.08. The molecule has 25 heavy (non-hydrogen) atoms. The predicted octanol–water partition coefficient (Wildman–Crippen LogP) is 1.63. The van der Waals surface area contributed by atoms with Gasteiger partial charge in [0.25, 0.3) is 0 Å². The summed E-state index contributed by atoms with van der Waals surface area (Å²) in [5.74, 6) is 2.24. The Morgan fingerprint density at radius 1 is 1.24 bits per heavy atom. The summed E-state index contributed by atoms with van der Waals surface area (Å²) in [5, 5.41) is 16.0. The first-order chi connectivity index (χ1) is 12.2. The molecule has 0 atom stereocenters. The number of rotatable bonds is 8. The predicted molar refractivity (Wildman–Crippen MR) is 93.2 cm³/mol. The van der Waals surface area contributed by atoms with Crippen molar-refractivity contribution in [1.29, 1.82) is 0 Å². The standard InChI is InChI=1S/C16H19N5O3S/c1-11-18-19-16-21(11)20-15(25-16)8-7-14(22)17-9-10-24-13-5-3-12(23-2)4-6-13/h3-6H,7-10H2,1-2H3,(H,17,22). The van der Waals surface area contributed by atoms with Crippen molar-refractivity contribution in [2.24, 2.45) is 0 Å². The molecule has 2 heterocycles. The van der Waals surface area contributed by atoms with Gasteiger partial charge in [0.1, 0.15) is 23.1 Å². The molecule has 8 nitrogen and oxygen atoms in total. The van der Waals surface area contributed by atoms with Crippen molar-refractivity contribution in [1.82, 2.24) is 25.1 Å². The highest BCUT2D eigenvalue weighted by Crippen LogP contribution is 2.17. The van der Waals surface area contributed by atoms with Crippen LogP contribution in [0.15, 0.2) is 24.3 Å². The molecule has 0 aliphatic carbocycles. The van der Waals surface area contributed by atoms with Crippen LogP contribution >= 0.6 is 11.3 Å². The number of methoxy groups -OCH3 is 1. The minimum absolute atomic E-state index is 0.0268. The largest absolute Gasteiger partial charge is 0.497 e. The summed E-state index contributed by atoms with van der Waals surface area (Å²) in [5.41, 5.74) is 0. The molecule has 132 valence electrons. The summed E-state index contributed by atoms with van der Waals surface area (Å²) in [4.78, 5) is 12.6. The Morgan fingerprint density at radius 3 is 2.72 bits per heavy atom. The Morgan fingerprint density at radius 2 is 2.00 bits per heavy atom. The molecule has 0 saturated carbocycles. The van der Waals surface area contributed by atoms with Gasteiger partial charge in [0, 0.05) is 12.8 Å². The van der Waals surface area contributed by atoms with Crippen LogP contribution in [0.4, 0.5) is 0 Å². The number of aromatic nitrogens is 4. The van der Waals surface area contributed by atoms with Crippen molar-refractivity contribution in [3.63, 3.8) is 0 Å². The molecule has 9 heteroatoms. The molecule has 0 radical (unpaired) electrons. The van der Waals surface area contributed by atoms with Crippen molar-refractivity contribution in [2.45, 2.75) is 19.8 Å². The average molecular weight is 361 g/mol. The Bertz CT molecular complexity index is 843. The lowest BCUT2D eigenvalue weighted by Crippen LogP contribution is -2.28. The maximum absolute atomic E-state index is 11.9. The van der Waals surface area contributed by atoms with Gasteiger partial charge in [0.15, 0.2) is 5.82 Å². The zero-order chi connectivity index (χ0) is 17.6. The van der Waals surface area contributed by atoms with Gasteiger partial charge in [-0.25, -0.2) is 0 Å². The highest BCUT2D eigenvalue weighted by atomic mass is 32.1. The first-order valence-electron chi connectivity index (χ1n) is 7.87. The van der Waals surface area contributed by atoms with Crippen LogP contribution in [0.2, 0.25) is 0 Å². The van der Waals surface area contributed by atoms with E-state index in [1.807, 2.05) is 31.2 Å². The number of aryl methyl sites for hydroxylation is 2. The molecule has 0 unspecified atom stereocenters. The summed E-state index contributed by atoms with van der Waals surface area (Å²) in [6.07, 6.45) is 0.963. The fourth-order valence-electron chi connectivity index (χ4n) is 2.20. The van der Waals surface area contributed by atoms with E-state index < -0.39 is 0 Å². The summed E-state index contributed by atoms with van der Waals surface area (Å²) >= 11 is 1.45. The molecule has 1 amide bonds. The number of hydrogen-bond donors (Lipinski definition) is 1. The first-order valence-corrected chi connectivity index (χ1v) is 8.68. The van der Waals surface area contributed by atoms with Crippen LogP contribution in [-0.2, 0) is 11.2 Å². The van der Waals surface area contributed by atoms with Gasteiger partial charge in [-0.3, -0.25) is 4.79 Å². The van der Waals surface area contributed by atoms with E-state index in [0.717, 1.165) is 27.3 Å². The molecule has 0 fully saturated rings. The van der Waals surface area contributed by atoms with Crippen LogP contribution in [0.25, 0.3) is 4.96 Å². The number of nitrogens with one attached hydrogen (secondary N) is 1. The van der Waals surface area contributed by atoms with Crippen molar-refractivity contribution in [3.05, 3.63) is 35.1 Å². The quantitative estimate of drug-likeness (QED) is 0.613. The van der Waals surface area contributed by atoms with Crippen molar-refractivity contribution in [2.75, 3.05) is 20.3 Å². The van der Waals surface area contributed by atoms with Gasteiger partial charge in [0.2, 0.25) is 10.9 Å². The molecule has 0 aliphatic heterocycles. The fourth-order valence-corrected chi connectivity index (χ4v) is 3.07. The van der Waals surface area contributed by atoms with Crippen molar-refractivity contribution < 1.29 is 14.3 Å². The SMILES string of the molecule is COc1ccc(OCCNC(=O)CCc2nn3c(C)nnc3s2)cc1. The molecular formula is C16H19N5O3S. The summed E-state index contributed by atoms with van der Waals surface area (Å²) < 4.78 is 12.3. The fraction of sp³-hybridized carbons (Fsp3) is 0.375. The van der Waals surface area contributed by atoms with Gasteiger partial charge in [-0.15, -0.1) is 10.2 Å². The monoisotopic (exact) mass is 361 g/mol. The number of amides is 1. The van der Waals surface area contributed by atoms with E-state index in [9.17, 15) is 4.79 Å². The molecule has 2 aromatic heterocycles. The number of benzene rings is 1. The second-order valence-corrected chi connectivity index (χ2v) is 6.35. The van der Waals surface area contributed by atoms with Crippen LogP contribution in [0, 0.1) is 6.92 Å². The highest BCUT2D eigenvalue weighted by Gasteiger charge is 2.10. The second-order valence-electron chi connectivity index (χ2n) is 5.31. The lowest BCUT2D eigenvalue weighted by molar-refractivity contribution is -0.121. The maximum Gasteiger partial charge on any atom is 0.234 e. The van der Waals surface area contributed by atoms with Crippen LogP contribution in [0.3, 0.4) is 0 Å². The maximum atomic E-state index is 11.9. The third-order valence-corrected chi connectivity index (χ3v) is 4.47. The third-order valence-electron chi connectivity index (χ3n) is 3.51. The molecule has 1 N–H and O–H groups in total. The lowest BCUT2D eigenvalue weighted by atomic mass is 10.3. The van der Waals surface area contributed by atoms with Gasteiger partial charge in [0.05, 0.1) is 13.7 Å². The summed E-state index contributed by atoms with van der Waals surface area (Å²) in [7, 11) is 1.62.